The van der Waals surface area contributed by atoms with Gasteiger partial charge in [-0.1, -0.05) is 18.2 Å². The second kappa shape index (κ2) is 10.6. The third kappa shape index (κ3) is 4.31. The van der Waals surface area contributed by atoms with Crippen molar-refractivity contribution in [3.8, 4) is 34.5 Å². The molecule has 2 unspecified atom stereocenters. The second-order valence-electron chi connectivity index (χ2n) is 13.7. The number of amides is 1. The average Bonchev–Trinajstić information content (AvgIpc) is 3.51. The van der Waals surface area contributed by atoms with Crippen molar-refractivity contribution in [2.75, 3.05) is 13.7 Å². The molecule has 1 saturated heterocycles. The number of pyridine rings is 1. The van der Waals surface area contributed by atoms with Gasteiger partial charge in [0.05, 0.1) is 18.3 Å². The molecule has 10 nitrogen and oxygen atoms in total. The first-order valence-electron chi connectivity index (χ1n) is 16.6. The fourth-order valence-corrected chi connectivity index (χ4v) is 8.12. The minimum absolute atomic E-state index is 0.0139. The van der Waals surface area contributed by atoms with Crippen molar-refractivity contribution in [1.29, 1.82) is 5.26 Å². The average molecular weight is 638 g/mol. The van der Waals surface area contributed by atoms with E-state index in [-0.39, 0.29) is 29.0 Å². The van der Waals surface area contributed by atoms with Gasteiger partial charge in [-0.2, -0.15) is 5.26 Å². The number of carbonyl (C=O) groups excluding carboxylic acids is 1. The number of nitriles is 1. The Kier molecular flexibility index (Phi) is 6.33. The van der Waals surface area contributed by atoms with Gasteiger partial charge in [-0.25, -0.2) is 4.98 Å². The van der Waals surface area contributed by atoms with E-state index < -0.39 is 0 Å². The summed E-state index contributed by atoms with van der Waals surface area (Å²) < 4.78 is 10.3. The number of ether oxygens (including phenoxy) is 1. The van der Waals surface area contributed by atoms with E-state index in [1.54, 1.807) is 7.11 Å². The van der Waals surface area contributed by atoms with Crippen LogP contribution in [0, 0.1) is 23.2 Å². The summed E-state index contributed by atoms with van der Waals surface area (Å²) in [4.78, 5) is 36.9. The van der Waals surface area contributed by atoms with Gasteiger partial charge in [-0.15, -0.1) is 0 Å². The SMILES string of the molecule is COc1cc(C(=O)N2CC3CCC2[C@@H]3N)cc2nc(-c3cc4ccc(-c5ccc6[nH]cc(C#N)c(=O)c6c5)cc4n3CC3CC3)n(C)c12. The topological polar surface area (TPSA) is 135 Å². The lowest BCUT2D eigenvalue weighted by Gasteiger charge is -2.27. The Bertz CT molecular complexity index is 2430. The molecule has 3 fully saturated rings. The number of piperidine rings is 1. The highest BCUT2D eigenvalue weighted by molar-refractivity contribution is 6.01. The van der Waals surface area contributed by atoms with E-state index in [0.717, 1.165) is 58.5 Å². The monoisotopic (exact) mass is 637 g/mol. The maximum absolute atomic E-state index is 13.8. The van der Waals surface area contributed by atoms with Gasteiger partial charge in [0, 0.05) is 65.8 Å². The lowest BCUT2D eigenvalue weighted by molar-refractivity contribution is 0.0700. The quantitative estimate of drug-likeness (QED) is 0.246. The number of likely N-dealkylation sites (tertiary alicyclic amines) is 1. The van der Waals surface area contributed by atoms with Gasteiger partial charge in [0.1, 0.15) is 22.9 Å². The Balaban J connectivity index is 1.16. The molecule has 240 valence electrons. The number of fused-ring (bicyclic) bond motifs is 5. The van der Waals surface area contributed by atoms with Gasteiger partial charge >= 0.3 is 0 Å². The van der Waals surface area contributed by atoms with Crippen molar-refractivity contribution in [2.45, 2.75) is 44.3 Å². The summed E-state index contributed by atoms with van der Waals surface area (Å²) in [6.07, 6.45) is 5.89. The van der Waals surface area contributed by atoms with Gasteiger partial charge in [-0.05, 0) is 85.0 Å². The largest absolute Gasteiger partial charge is 0.494 e. The molecule has 3 aromatic heterocycles. The highest BCUT2D eigenvalue weighted by atomic mass is 16.5. The number of nitrogens with two attached hydrogens (primary N) is 1. The van der Waals surface area contributed by atoms with Crippen molar-refractivity contribution < 1.29 is 9.53 Å². The van der Waals surface area contributed by atoms with Crippen molar-refractivity contribution in [1.82, 2.24) is 24.0 Å². The van der Waals surface area contributed by atoms with Crippen molar-refractivity contribution in [3.63, 3.8) is 0 Å². The normalized spacial score (nSPS) is 20.3. The van der Waals surface area contributed by atoms with Crippen LogP contribution < -0.4 is 15.9 Å². The first-order valence-corrected chi connectivity index (χ1v) is 16.6. The van der Waals surface area contributed by atoms with Crippen molar-refractivity contribution >= 4 is 38.7 Å². The molecule has 2 aliphatic carbocycles. The van der Waals surface area contributed by atoms with Crippen LogP contribution in [0.25, 0.3) is 55.5 Å². The predicted octanol–water partition coefficient (Wildman–Crippen LogP) is 5.56. The maximum atomic E-state index is 13.8. The van der Waals surface area contributed by atoms with E-state index in [4.69, 9.17) is 15.5 Å². The Morgan fingerprint density at radius 3 is 2.62 bits per heavy atom. The number of hydrogen-bond acceptors (Lipinski definition) is 6. The fourth-order valence-electron chi connectivity index (χ4n) is 8.12. The van der Waals surface area contributed by atoms with Gasteiger partial charge in [0.15, 0.2) is 5.82 Å². The summed E-state index contributed by atoms with van der Waals surface area (Å²) in [5.41, 5.74) is 13.1. The fraction of sp³-hybridized carbons (Fsp3) is 0.316. The third-order valence-corrected chi connectivity index (χ3v) is 10.9. The summed E-state index contributed by atoms with van der Waals surface area (Å²) in [5, 5.41) is 11.0. The minimum Gasteiger partial charge on any atom is -0.494 e. The first kappa shape index (κ1) is 28.8. The number of H-pyrrole nitrogens is 1. The van der Waals surface area contributed by atoms with Crippen LogP contribution in [0.15, 0.2) is 65.6 Å². The lowest BCUT2D eigenvalue weighted by atomic mass is 10.0. The molecule has 9 rings (SSSR count). The number of hydrogen-bond donors (Lipinski definition) is 2. The molecule has 3 aromatic carbocycles. The molecule has 6 aromatic rings. The smallest absolute Gasteiger partial charge is 0.254 e. The number of imidazole rings is 1. The standard InChI is InChI=1S/C38H35N7O3/c1-43-35-29(12-25(15-33(35)48-2)38(47)45-19-24-8-10-30(45)34(24)40)42-37(43)32-14-23-6-5-22(13-31(23)44(32)18-20-3-4-20)21-7-9-28-27(11-21)36(46)26(16-39)17-41-28/h5-7,9,11-15,17,20,24,30,34H,3-4,8,10,18-19,40H2,1-2H3,(H,41,46)/t24?,30?,34-/m1/s1. The molecule has 4 heterocycles. The van der Waals surface area contributed by atoms with Crippen molar-refractivity contribution in [3.05, 3.63) is 82.1 Å². The zero-order chi connectivity index (χ0) is 32.8. The molecular weight excluding hydrogens is 602 g/mol. The highest BCUT2D eigenvalue weighted by Gasteiger charge is 2.47. The molecule has 3 N–H and O–H groups in total. The second-order valence-corrected chi connectivity index (χ2v) is 13.7. The molecular formula is C38H35N7O3. The van der Waals surface area contributed by atoms with E-state index in [0.29, 0.717) is 46.1 Å². The molecule has 2 saturated carbocycles. The molecule has 0 radical (unpaired) electrons. The van der Waals surface area contributed by atoms with Gasteiger partial charge < -0.3 is 29.5 Å². The molecule has 0 spiro atoms. The Morgan fingerprint density at radius 1 is 1.08 bits per heavy atom. The van der Waals surface area contributed by atoms with Gasteiger partial charge in [0.2, 0.25) is 5.43 Å². The Labute approximate surface area is 276 Å². The van der Waals surface area contributed by atoms with Gasteiger partial charge in [-0.3, -0.25) is 9.59 Å². The van der Waals surface area contributed by atoms with Crippen molar-refractivity contribution in [2.24, 2.45) is 24.6 Å². The maximum Gasteiger partial charge on any atom is 0.254 e. The third-order valence-electron chi connectivity index (χ3n) is 10.9. The number of rotatable bonds is 6. The van der Waals surface area contributed by atoms with E-state index >= 15 is 0 Å². The number of nitrogens with one attached hydrogen (secondary N) is 1. The van der Waals surface area contributed by atoms with Crippen LogP contribution in [-0.4, -0.2) is 55.6 Å². The number of aromatic amines is 1. The molecule has 10 heteroatoms. The number of aryl methyl sites for hydroxylation is 1. The van der Waals surface area contributed by atoms with E-state index in [9.17, 15) is 14.9 Å². The molecule has 2 bridgehead atoms. The number of nitrogens with zero attached hydrogens (tertiary/aromatic N) is 5. The molecule has 1 amide bonds. The number of benzene rings is 3. The highest BCUT2D eigenvalue weighted by Crippen LogP contribution is 2.41. The van der Waals surface area contributed by atoms with Crippen LogP contribution in [-0.2, 0) is 13.6 Å². The molecule has 48 heavy (non-hydrogen) atoms. The number of aromatic nitrogens is 4. The van der Waals surface area contributed by atoms with E-state index in [1.165, 1.54) is 19.0 Å². The Hall–Kier alpha value is -5.40. The van der Waals surface area contributed by atoms with Gasteiger partial charge in [0.25, 0.3) is 5.91 Å². The zero-order valence-corrected chi connectivity index (χ0v) is 26.9. The molecule has 1 aliphatic heterocycles. The summed E-state index contributed by atoms with van der Waals surface area (Å²) in [6.45, 7) is 1.57. The van der Waals surface area contributed by atoms with Crippen LogP contribution in [0.4, 0.5) is 0 Å². The summed E-state index contributed by atoms with van der Waals surface area (Å²) in [6, 6.07) is 20.2. The van der Waals surface area contributed by atoms with E-state index in [1.807, 2.05) is 48.3 Å². The first-order chi connectivity index (χ1) is 23.3. The minimum atomic E-state index is -0.271. The molecule has 3 aliphatic rings. The van der Waals surface area contributed by atoms with Crippen LogP contribution in [0.1, 0.15) is 41.6 Å². The van der Waals surface area contributed by atoms with Crippen LogP contribution in [0.5, 0.6) is 5.75 Å². The Morgan fingerprint density at radius 2 is 1.90 bits per heavy atom. The van der Waals surface area contributed by atoms with Crippen LogP contribution >= 0.6 is 0 Å². The summed E-state index contributed by atoms with van der Waals surface area (Å²) in [7, 11) is 3.64. The summed E-state index contributed by atoms with van der Waals surface area (Å²) in [5.74, 6) is 2.38. The number of carbonyl (C=O) groups is 1. The lowest BCUT2D eigenvalue weighted by Crippen LogP contribution is -2.41. The molecule has 3 atom stereocenters. The van der Waals surface area contributed by atoms with Crippen LogP contribution in [0.2, 0.25) is 0 Å². The zero-order valence-electron chi connectivity index (χ0n) is 26.9. The van der Waals surface area contributed by atoms with Crippen LogP contribution in [0.3, 0.4) is 0 Å². The summed E-state index contributed by atoms with van der Waals surface area (Å²) >= 11 is 0. The van der Waals surface area contributed by atoms with E-state index in [2.05, 4.69) is 38.4 Å². The predicted molar refractivity (Wildman–Crippen MR) is 185 cm³/mol. The number of methoxy groups -OCH3 is 1.